The van der Waals surface area contributed by atoms with Crippen molar-refractivity contribution in [2.24, 2.45) is 0 Å². The molecule has 0 rings (SSSR count). The van der Waals surface area contributed by atoms with Crippen LogP contribution in [0.1, 0.15) is 84.0 Å². The van der Waals surface area contributed by atoms with E-state index in [4.69, 9.17) is 0 Å². The summed E-state index contributed by atoms with van der Waals surface area (Å²) in [6.45, 7) is 3.76. The van der Waals surface area contributed by atoms with Crippen molar-refractivity contribution in [1.82, 2.24) is 5.32 Å². The Labute approximate surface area is 181 Å². The van der Waals surface area contributed by atoms with Gasteiger partial charge in [0.05, 0.1) is 0 Å². The van der Waals surface area contributed by atoms with Crippen molar-refractivity contribution in [3.63, 3.8) is 0 Å². The van der Waals surface area contributed by atoms with Gasteiger partial charge >= 0.3 is 29.6 Å². The van der Waals surface area contributed by atoms with Crippen molar-refractivity contribution in [2.75, 3.05) is 18.8 Å². The summed E-state index contributed by atoms with van der Waals surface area (Å²) in [7, 11) is 0. The summed E-state index contributed by atoms with van der Waals surface area (Å²) in [4.78, 5) is 0. The van der Waals surface area contributed by atoms with Crippen molar-refractivity contribution >= 4 is 11.1 Å². The van der Waals surface area contributed by atoms with Crippen LogP contribution in [0.15, 0.2) is 24.3 Å². The molecule has 0 radical (unpaired) electrons. The Morgan fingerprint density at radius 2 is 1.36 bits per heavy atom. The third kappa shape index (κ3) is 26.9. The molecule has 1 unspecified atom stereocenters. The zero-order chi connectivity index (χ0) is 17.7. The standard InChI is InChI=1S/C20H39NO2S.Na/c1-2-3-4-5-6-7-8-9-10-11-12-13-14-15-16-17-18-21-19-20-24(22)23;/h6-7,9-10,21H,2-5,8,11-20H2,1H3,(H,22,23);/q;+1/p-1/b7-6-,10-9-;. The van der Waals surface area contributed by atoms with Crippen LogP contribution < -0.4 is 34.9 Å². The summed E-state index contributed by atoms with van der Waals surface area (Å²) in [6, 6.07) is 0. The fraction of sp³-hybridized carbons (Fsp3) is 0.800. The maximum absolute atomic E-state index is 10.3. The molecule has 0 amide bonds. The molecular weight excluding hydrogens is 341 g/mol. The van der Waals surface area contributed by atoms with Crippen LogP contribution in [0.2, 0.25) is 0 Å². The van der Waals surface area contributed by atoms with Gasteiger partial charge in [0.25, 0.3) is 0 Å². The van der Waals surface area contributed by atoms with Crippen LogP contribution >= 0.6 is 0 Å². The Balaban J connectivity index is 0. The van der Waals surface area contributed by atoms with E-state index in [9.17, 15) is 8.76 Å². The van der Waals surface area contributed by atoms with Gasteiger partial charge in [0, 0.05) is 12.3 Å². The van der Waals surface area contributed by atoms with E-state index in [1.165, 1.54) is 64.2 Å². The van der Waals surface area contributed by atoms with E-state index in [0.29, 0.717) is 6.54 Å². The molecule has 3 nitrogen and oxygen atoms in total. The molecule has 0 spiro atoms. The summed E-state index contributed by atoms with van der Waals surface area (Å²) < 4.78 is 20.7. The second-order valence-electron chi connectivity index (χ2n) is 6.34. The topological polar surface area (TPSA) is 52.2 Å². The molecule has 0 saturated carbocycles. The molecular formula is C20H38NNaO2S. The molecule has 5 heteroatoms. The van der Waals surface area contributed by atoms with Crippen molar-refractivity contribution in [3.8, 4) is 0 Å². The van der Waals surface area contributed by atoms with Gasteiger partial charge in [0.15, 0.2) is 0 Å². The minimum Gasteiger partial charge on any atom is -0.772 e. The minimum absolute atomic E-state index is 0. The number of unbranched alkanes of at least 4 members (excludes halogenated alkanes) is 9. The maximum atomic E-state index is 10.3. The number of hydrogen-bond acceptors (Lipinski definition) is 3. The average molecular weight is 380 g/mol. The molecule has 0 heterocycles. The van der Waals surface area contributed by atoms with Crippen LogP contribution in [-0.4, -0.2) is 27.6 Å². The second kappa shape index (κ2) is 24.6. The Morgan fingerprint density at radius 1 is 0.800 bits per heavy atom. The molecule has 0 aliphatic carbocycles. The number of nitrogens with one attached hydrogen (secondary N) is 1. The zero-order valence-corrected chi connectivity index (χ0v) is 19.5. The minimum atomic E-state index is -1.91. The van der Waals surface area contributed by atoms with Crippen LogP contribution in [0, 0.1) is 0 Å². The first-order valence-corrected chi connectivity index (χ1v) is 11.1. The number of hydrogen-bond donors (Lipinski definition) is 1. The fourth-order valence-electron chi connectivity index (χ4n) is 2.52. The normalized spacial score (nSPS) is 12.7. The quantitative estimate of drug-likeness (QED) is 0.172. The van der Waals surface area contributed by atoms with Crippen LogP contribution in [0.5, 0.6) is 0 Å². The van der Waals surface area contributed by atoms with Crippen LogP contribution in [0.25, 0.3) is 0 Å². The fourth-order valence-corrected chi connectivity index (χ4v) is 2.83. The molecule has 1 N–H and O–H groups in total. The van der Waals surface area contributed by atoms with E-state index < -0.39 is 11.1 Å². The Bertz CT molecular complexity index is 336. The van der Waals surface area contributed by atoms with E-state index in [-0.39, 0.29) is 35.3 Å². The van der Waals surface area contributed by atoms with Gasteiger partial charge < -0.3 is 9.87 Å². The number of rotatable bonds is 18. The van der Waals surface area contributed by atoms with Crippen molar-refractivity contribution < 1.29 is 38.3 Å². The monoisotopic (exact) mass is 379 g/mol. The molecule has 25 heavy (non-hydrogen) atoms. The first-order valence-electron chi connectivity index (χ1n) is 9.84. The SMILES string of the molecule is CCCCC/C=C\C/C=C\CCCCCCCCNCCS(=O)[O-].[Na+]. The van der Waals surface area contributed by atoms with E-state index in [1.54, 1.807) is 0 Å². The molecule has 0 aliphatic heterocycles. The van der Waals surface area contributed by atoms with Gasteiger partial charge in [-0.05, 0) is 45.1 Å². The predicted octanol–water partition coefficient (Wildman–Crippen LogP) is 2.27. The molecule has 0 bridgehead atoms. The Kier molecular flexibility index (Phi) is 27.3. The predicted molar refractivity (Wildman–Crippen MR) is 106 cm³/mol. The van der Waals surface area contributed by atoms with Gasteiger partial charge in [0.1, 0.15) is 0 Å². The molecule has 1 atom stereocenters. The first-order chi connectivity index (χ1) is 11.8. The largest absolute Gasteiger partial charge is 1.00 e. The van der Waals surface area contributed by atoms with Crippen LogP contribution in [0.4, 0.5) is 0 Å². The third-order valence-corrected chi connectivity index (χ3v) is 4.54. The van der Waals surface area contributed by atoms with Gasteiger partial charge in [-0.2, -0.15) is 0 Å². The van der Waals surface area contributed by atoms with Crippen molar-refractivity contribution in [1.29, 1.82) is 0 Å². The number of allylic oxidation sites excluding steroid dienone is 4. The third-order valence-electron chi connectivity index (χ3n) is 4.00. The van der Waals surface area contributed by atoms with E-state index in [0.717, 1.165) is 19.4 Å². The zero-order valence-electron chi connectivity index (χ0n) is 16.6. The molecule has 0 aromatic carbocycles. The molecule has 0 aliphatic rings. The van der Waals surface area contributed by atoms with Crippen LogP contribution in [-0.2, 0) is 11.1 Å². The summed E-state index contributed by atoms with van der Waals surface area (Å²) in [5.41, 5.74) is 0. The molecule has 0 aromatic heterocycles. The van der Waals surface area contributed by atoms with Gasteiger partial charge in [-0.3, -0.25) is 4.21 Å². The van der Waals surface area contributed by atoms with Gasteiger partial charge in [-0.15, -0.1) is 0 Å². The molecule has 142 valence electrons. The first kappa shape index (κ1) is 27.8. The van der Waals surface area contributed by atoms with E-state index in [2.05, 4.69) is 36.5 Å². The summed E-state index contributed by atoms with van der Waals surface area (Å²) >= 11 is -1.91. The van der Waals surface area contributed by atoms with E-state index in [1.807, 2.05) is 0 Å². The van der Waals surface area contributed by atoms with E-state index >= 15 is 0 Å². The average Bonchev–Trinajstić information content (AvgIpc) is 2.56. The van der Waals surface area contributed by atoms with Gasteiger partial charge in [-0.25, -0.2) is 0 Å². The molecule has 0 saturated heterocycles. The molecule has 0 aromatic rings. The Hall–Kier alpha value is 0.550. The maximum Gasteiger partial charge on any atom is 1.00 e. The van der Waals surface area contributed by atoms with Gasteiger partial charge in [0.2, 0.25) is 0 Å². The smallest absolute Gasteiger partial charge is 0.772 e. The van der Waals surface area contributed by atoms with Crippen molar-refractivity contribution in [2.45, 2.75) is 84.0 Å². The molecule has 0 fully saturated rings. The van der Waals surface area contributed by atoms with Gasteiger partial charge in [-0.1, -0.05) is 80.8 Å². The second-order valence-corrected chi connectivity index (χ2v) is 7.36. The summed E-state index contributed by atoms with van der Waals surface area (Å²) in [5, 5.41) is 3.16. The van der Waals surface area contributed by atoms with Crippen LogP contribution in [0.3, 0.4) is 0 Å². The Morgan fingerprint density at radius 3 is 1.96 bits per heavy atom. The summed E-state index contributed by atoms with van der Waals surface area (Å²) in [6.07, 6.45) is 24.3. The van der Waals surface area contributed by atoms with Crippen molar-refractivity contribution in [3.05, 3.63) is 24.3 Å². The summed E-state index contributed by atoms with van der Waals surface area (Å²) in [5.74, 6) is 0.224.